The van der Waals surface area contributed by atoms with E-state index in [0.29, 0.717) is 6.61 Å². The summed E-state index contributed by atoms with van der Waals surface area (Å²) >= 11 is 5.72. The van der Waals surface area contributed by atoms with Crippen LogP contribution in [0.1, 0.15) is 5.56 Å². The number of rotatable bonds is 6. The molecule has 0 amide bonds. The number of aromatic nitrogens is 5. The highest BCUT2D eigenvalue weighted by Gasteiger charge is 2.06. The zero-order valence-corrected chi connectivity index (χ0v) is 15.9. The molecule has 0 aliphatic heterocycles. The third-order valence-corrected chi connectivity index (χ3v) is 4.03. The topological polar surface area (TPSA) is 126 Å². The van der Waals surface area contributed by atoms with E-state index in [1.54, 1.807) is 24.8 Å². The molecule has 0 radical (unpaired) electrons. The van der Waals surface area contributed by atoms with Gasteiger partial charge in [-0.2, -0.15) is 5.10 Å². The summed E-state index contributed by atoms with van der Waals surface area (Å²) < 4.78 is 5.84. The van der Waals surface area contributed by atoms with Gasteiger partial charge in [-0.3, -0.25) is 9.89 Å². The minimum absolute atomic E-state index is 0.207. The molecule has 9 nitrogen and oxygen atoms in total. The van der Waals surface area contributed by atoms with Gasteiger partial charge in [0, 0.05) is 24.2 Å². The van der Waals surface area contributed by atoms with Crippen molar-refractivity contribution < 1.29 is 14.6 Å². The standard InChI is InChI=1S/C18H15ClN6O.CH2O2/c19-18-21-10-14(11-22-18)25-17-16-2-1-15(7-13(16)3-5-20-17)26-6-4-12-8-23-24-9-12;2-1-3/h1-3,5,7-11H,4,6H2,(H,20,25)(H,23,24);1H,(H,2,3). The molecule has 0 bridgehead atoms. The Morgan fingerprint density at radius 2 is 1.97 bits per heavy atom. The van der Waals surface area contributed by atoms with Gasteiger partial charge in [-0.05, 0) is 46.8 Å². The quantitative estimate of drug-likeness (QED) is 0.324. The van der Waals surface area contributed by atoms with Crippen LogP contribution >= 0.6 is 11.6 Å². The first kappa shape index (κ1) is 20.0. The van der Waals surface area contributed by atoms with E-state index in [9.17, 15) is 0 Å². The van der Waals surface area contributed by atoms with Gasteiger partial charge in [0.25, 0.3) is 6.47 Å². The maximum atomic E-state index is 8.36. The number of hydrogen-bond acceptors (Lipinski definition) is 7. The number of ether oxygens (including phenoxy) is 1. The van der Waals surface area contributed by atoms with Crippen LogP contribution in [-0.2, 0) is 11.2 Å². The van der Waals surface area contributed by atoms with Gasteiger partial charge in [0.15, 0.2) is 0 Å². The Labute approximate surface area is 170 Å². The number of hydrogen-bond donors (Lipinski definition) is 3. The fraction of sp³-hybridized carbons (Fsp3) is 0.105. The predicted octanol–water partition coefficient (Wildman–Crippen LogP) is 3.47. The van der Waals surface area contributed by atoms with Gasteiger partial charge in [-0.1, -0.05) is 0 Å². The van der Waals surface area contributed by atoms with Crippen LogP contribution in [0.4, 0.5) is 11.5 Å². The van der Waals surface area contributed by atoms with Crippen molar-refractivity contribution in [3.8, 4) is 5.75 Å². The third-order valence-electron chi connectivity index (χ3n) is 3.83. The van der Waals surface area contributed by atoms with Crippen molar-refractivity contribution in [1.29, 1.82) is 0 Å². The number of halogens is 1. The zero-order chi connectivity index (χ0) is 20.5. The molecular formula is C19H17ClN6O3. The van der Waals surface area contributed by atoms with Gasteiger partial charge in [0.2, 0.25) is 5.28 Å². The molecule has 10 heteroatoms. The van der Waals surface area contributed by atoms with Crippen LogP contribution in [0.15, 0.2) is 55.2 Å². The number of H-pyrrole nitrogens is 1. The van der Waals surface area contributed by atoms with Gasteiger partial charge in [0.1, 0.15) is 11.6 Å². The molecule has 0 unspecified atom stereocenters. The molecule has 0 saturated heterocycles. The molecular weight excluding hydrogens is 396 g/mol. The Bertz CT molecular complexity index is 1060. The number of nitrogens with one attached hydrogen (secondary N) is 2. The van der Waals surface area contributed by atoms with Crippen molar-refractivity contribution >= 4 is 40.4 Å². The van der Waals surface area contributed by atoms with Crippen LogP contribution in [0.25, 0.3) is 10.8 Å². The SMILES string of the molecule is Clc1ncc(Nc2nccc3cc(OCCc4cn[nH]c4)ccc23)cn1.O=CO. The van der Waals surface area contributed by atoms with E-state index in [1.165, 1.54) is 0 Å². The Balaban J connectivity index is 0.000000755. The number of anilines is 2. The number of carbonyl (C=O) groups is 1. The van der Waals surface area contributed by atoms with E-state index in [2.05, 4.69) is 30.5 Å². The van der Waals surface area contributed by atoms with Crippen LogP contribution in [0.5, 0.6) is 5.75 Å². The van der Waals surface area contributed by atoms with Crippen molar-refractivity contribution in [2.24, 2.45) is 0 Å². The summed E-state index contributed by atoms with van der Waals surface area (Å²) in [4.78, 5) is 20.7. The van der Waals surface area contributed by atoms with Gasteiger partial charge in [-0.25, -0.2) is 15.0 Å². The number of fused-ring (bicyclic) bond motifs is 1. The summed E-state index contributed by atoms with van der Waals surface area (Å²) in [6.45, 7) is 0.337. The predicted molar refractivity (Wildman–Crippen MR) is 109 cm³/mol. The summed E-state index contributed by atoms with van der Waals surface area (Å²) in [6, 6.07) is 7.86. The number of nitrogens with zero attached hydrogens (tertiary/aromatic N) is 4. The van der Waals surface area contributed by atoms with Gasteiger partial charge in [-0.15, -0.1) is 0 Å². The van der Waals surface area contributed by atoms with Crippen LogP contribution in [0.3, 0.4) is 0 Å². The summed E-state index contributed by atoms with van der Waals surface area (Å²) in [7, 11) is 0. The Hall–Kier alpha value is -3.72. The highest BCUT2D eigenvalue weighted by atomic mass is 35.5. The molecule has 148 valence electrons. The molecule has 0 aliphatic rings. The van der Waals surface area contributed by atoms with Gasteiger partial charge in [0.05, 0.1) is 30.9 Å². The molecule has 0 fully saturated rings. The maximum Gasteiger partial charge on any atom is 0.290 e. The molecule has 3 N–H and O–H groups in total. The Kier molecular flexibility index (Phi) is 6.90. The van der Waals surface area contributed by atoms with Gasteiger partial charge < -0.3 is 15.2 Å². The molecule has 0 saturated carbocycles. The number of aromatic amines is 1. The molecule has 0 atom stereocenters. The smallest absolute Gasteiger partial charge is 0.290 e. The minimum Gasteiger partial charge on any atom is -0.493 e. The lowest BCUT2D eigenvalue weighted by molar-refractivity contribution is -0.122. The molecule has 4 rings (SSSR count). The molecule has 1 aromatic carbocycles. The van der Waals surface area contributed by atoms with Crippen LogP contribution < -0.4 is 10.1 Å². The largest absolute Gasteiger partial charge is 0.493 e. The highest BCUT2D eigenvalue weighted by molar-refractivity contribution is 6.28. The average Bonchev–Trinajstić information content (AvgIpc) is 3.24. The lowest BCUT2D eigenvalue weighted by atomic mass is 10.1. The normalized spacial score (nSPS) is 10.1. The van der Waals surface area contributed by atoms with Crippen molar-refractivity contribution in [2.75, 3.05) is 11.9 Å². The number of carboxylic acid groups (broad SMARTS) is 1. The molecule has 3 heterocycles. The highest BCUT2D eigenvalue weighted by Crippen LogP contribution is 2.27. The summed E-state index contributed by atoms with van der Waals surface area (Å²) in [5, 5.41) is 19.0. The number of pyridine rings is 1. The third kappa shape index (κ3) is 5.63. The first-order valence-electron chi connectivity index (χ1n) is 8.51. The summed E-state index contributed by atoms with van der Waals surface area (Å²) in [5.74, 6) is 1.53. The van der Waals surface area contributed by atoms with Crippen molar-refractivity contribution in [1.82, 2.24) is 25.1 Å². The van der Waals surface area contributed by atoms with E-state index in [4.69, 9.17) is 26.2 Å². The van der Waals surface area contributed by atoms with Gasteiger partial charge >= 0.3 is 0 Å². The van der Waals surface area contributed by atoms with E-state index >= 15 is 0 Å². The van der Waals surface area contributed by atoms with E-state index in [1.807, 2.05) is 30.5 Å². The average molecular weight is 413 g/mol. The summed E-state index contributed by atoms with van der Waals surface area (Å²) in [5.41, 5.74) is 1.83. The zero-order valence-electron chi connectivity index (χ0n) is 15.1. The van der Waals surface area contributed by atoms with Crippen molar-refractivity contribution in [3.63, 3.8) is 0 Å². The van der Waals surface area contributed by atoms with Crippen molar-refractivity contribution in [3.05, 3.63) is 66.1 Å². The lowest BCUT2D eigenvalue weighted by Gasteiger charge is -2.10. The lowest BCUT2D eigenvalue weighted by Crippen LogP contribution is -2.01. The van der Waals surface area contributed by atoms with E-state index in [-0.39, 0.29) is 11.8 Å². The molecule has 29 heavy (non-hydrogen) atoms. The minimum atomic E-state index is -0.250. The fourth-order valence-electron chi connectivity index (χ4n) is 2.56. The Morgan fingerprint density at radius 3 is 2.69 bits per heavy atom. The van der Waals surface area contributed by atoms with E-state index < -0.39 is 0 Å². The van der Waals surface area contributed by atoms with Crippen LogP contribution in [0, 0.1) is 0 Å². The monoisotopic (exact) mass is 412 g/mol. The molecule has 0 aliphatic carbocycles. The maximum absolute atomic E-state index is 8.36. The summed E-state index contributed by atoms with van der Waals surface area (Å²) in [6.07, 6.45) is 9.44. The Morgan fingerprint density at radius 1 is 1.17 bits per heavy atom. The first-order valence-corrected chi connectivity index (χ1v) is 8.89. The number of benzene rings is 1. The first-order chi connectivity index (χ1) is 14.2. The second-order valence-corrected chi connectivity index (χ2v) is 6.06. The van der Waals surface area contributed by atoms with Crippen LogP contribution in [-0.4, -0.2) is 43.3 Å². The molecule has 0 spiro atoms. The molecule has 4 aromatic rings. The molecule has 3 aromatic heterocycles. The van der Waals surface area contributed by atoms with Crippen molar-refractivity contribution in [2.45, 2.75) is 6.42 Å². The fourth-order valence-corrected chi connectivity index (χ4v) is 2.66. The van der Waals surface area contributed by atoms with Crippen LogP contribution in [0.2, 0.25) is 5.28 Å². The van der Waals surface area contributed by atoms with E-state index in [0.717, 1.165) is 40.0 Å². The second-order valence-electron chi connectivity index (χ2n) is 5.72. The second kappa shape index (κ2) is 10.00.